The number of nitrogens with zero attached hydrogens (tertiary/aromatic N) is 1. The summed E-state index contributed by atoms with van der Waals surface area (Å²) in [4.78, 5) is 24.7. The third-order valence-corrected chi connectivity index (χ3v) is 5.78. The number of aliphatic carboxylic acids is 1. The van der Waals surface area contributed by atoms with Crippen LogP contribution in [0.4, 0.5) is 0 Å². The van der Waals surface area contributed by atoms with E-state index in [0.717, 1.165) is 0 Å². The lowest BCUT2D eigenvalue weighted by molar-refractivity contribution is -0.136. The number of carboxylic acid groups (broad SMARTS) is 1. The van der Waals surface area contributed by atoms with Gasteiger partial charge in [0.15, 0.2) is 0 Å². The predicted molar refractivity (Wildman–Crippen MR) is 111 cm³/mol. The summed E-state index contributed by atoms with van der Waals surface area (Å²) >= 11 is 12.8. The number of ether oxygens (including phenoxy) is 1. The average Bonchev–Trinajstić information content (AvgIpc) is 2.95. The van der Waals surface area contributed by atoms with Crippen molar-refractivity contribution in [1.29, 1.82) is 0 Å². The van der Waals surface area contributed by atoms with Crippen LogP contribution in [0.15, 0.2) is 40.9 Å². The Balaban J connectivity index is 2.34. The van der Waals surface area contributed by atoms with Crippen LogP contribution in [0.3, 0.4) is 0 Å². The fraction of sp³-hybridized carbons (Fsp3) is 0.158. The number of hydrogen-bond donors (Lipinski definition) is 1. The van der Waals surface area contributed by atoms with E-state index in [1.165, 1.54) is 11.7 Å². The maximum atomic E-state index is 13.2. The zero-order valence-corrected chi connectivity index (χ0v) is 18.1. The molecule has 1 N–H and O–H groups in total. The topological polar surface area (TPSA) is 68.5 Å². The first-order valence-corrected chi connectivity index (χ1v) is 10.1. The quantitative estimate of drug-likeness (QED) is 0.470. The van der Waals surface area contributed by atoms with Gasteiger partial charge in [0.05, 0.1) is 23.5 Å². The number of rotatable bonds is 5. The van der Waals surface area contributed by atoms with Gasteiger partial charge in [0.2, 0.25) is 0 Å². The van der Waals surface area contributed by atoms with E-state index in [4.69, 9.17) is 16.3 Å². The predicted octanol–water partition coefficient (Wildman–Crippen LogP) is 5.28. The lowest BCUT2D eigenvalue weighted by Crippen LogP contribution is -2.15. The Labute approximate surface area is 177 Å². The number of carbonyl (C=O) groups excluding carboxylic acids is 1. The molecule has 8 heteroatoms. The summed E-state index contributed by atoms with van der Waals surface area (Å²) in [5.41, 5.74) is 2.20. The molecule has 140 valence electrons. The Morgan fingerprint density at radius 1 is 1.19 bits per heavy atom. The van der Waals surface area contributed by atoms with Crippen LogP contribution in [0.1, 0.15) is 21.6 Å². The van der Waals surface area contributed by atoms with Crippen molar-refractivity contribution in [2.75, 3.05) is 7.11 Å². The lowest BCUT2D eigenvalue weighted by Gasteiger charge is -2.09. The number of halogens is 3. The summed E-state index contributed by atoms with van der Waals surface area (Å²) in [6.45, 7) is 0. The van der Waals surface area contributed by atoms with Gasteiger partial charge in [-0.25, -0.2) is 0 Å². The second-order valence-corrected chi connectivity index (χ2v) is 7.54. The third-order valence-electron chi connectivity index (χ3n) is 4.21. The Morgan fingerprint density at radius 3 is 2.41 bits per heavy atom. The van der Waals surface area contributed by atoms with E-state index in [1.54, 1.807) is 36.4 Å². The number of fused-ring (bicyclic) bond motifs is 1. The molecule has 0 saturated carbocycles. The highest BCUT2D eigenvalue weighted by Gasteiger charge is 2.25. The largest absolute Gasteiger partial charge is 0.496 e. The van der Waals surface area contributed by atoms with Gasteiger partial charge in [-0.1, -0.05) is 27.5 Å². The standard InChI is InChI=1S/C19H14Br2ClNO4/c1-27-15-7-6-13-17(18(15)21)12(8-16(24)25)14(9-20)23(13)19(26)10-2-4-11(22)5-3-10/h2-7H,8-9H2,1H3,(H,24,25). The first-order valence-electron chi connectivity index (χ1n) is 7.85. The summed E-state index contributed by atoms with van der Waals surface area (Å²) in [6.07, 6.45) is -0.218. The van der Waals surface area contributed by atoms with Crippen molar-refractivity contribution in [1.82, 2.24) is 4.57 Å². The number of aromatic nitrogens is 1. The molecular weight excluding hydrogens is 501 g/mol. The van der Waals surface area contributed by atoms with Gasteiger partial charge in [-0.2, -0.15) is 0 Å². The molecule has 0 spiro atoms. The highest BCUT2D eigenvalue weighted by molar-refractivity contribution is 9.10. The normalized spacial score (nSPS) is 11.0. The van der Waals surface area contributed by atoms with Crippen LogP contribution < -0.4 is 4.74 Å². The van der Waals surface area contributed by atoms with Gasteiger partial charge < -0.3 is 9.84 Å². The molecule has 0 fully saturated rings. The number of carboxylic acids is 1. The smallest absolute Gasteiger partial charge is 0.307 e. The molecule has 0 aliphatic rings. The number of hydrogen-bond acceptors (Lipinski definition) is 3. The fourth-order valence-electron chi connectivity index (χ4n) is 3.04. The van der Waals surface area contributed by atoms with Crippen molar-refractivity contribution in [3.05, 3.63) is 62.7 Å². The molecule has 0 amide bonds. The summed E-state index contributed by atoms with van der Waals surface area (Å²) in [5, 5.41) is 10.9. The van der Waals surface area contributed by atoms with E-state index in [0.29, 0.717) is 48.3 Å². The molecule has 5 nitrogen and oxygen atoms in total. The van der Waals surface area contributed by atoms with Gasteiger partial charge in [0, 0.05) is 27.0 Å². The molecule has 2 aromatic carbocycles. The first-order chi connectivity index (χ1) is 12.9. The summed E-state index contributed by atoms with van der Waals surface area (Å²) in [5.74, 6) is -0.684. The van der Waals surface area contributed by atoms with Crippen LogP contribution in [0.5, 0.6) is 5.75 Å². The average molecular weight is 516 g/mol. The van der Waals surface area contributed by atoms with Crippen LogP contribution in [-0.2, 0) is 16.5 Å². The van der Waals surface area contributed by atoms with E-state index in [1.807, 2.05) is 0 Å². The molecule has 0 atom stereocenters. The van der Waals surface area contributed by atoms with Gasteiger partial charge in [-0.05, 0) is 57.9 Å². The number of carbonyl (C=O) groups is 2. The zero-order valence-electron chi connectivity index (χ0n) is 14.1. The van der Waals surface area contributed by atoms with Crippen molar-refractivity contribution in [2.24, 2.45) is 0 Å². The minimum absolute atomic E-state index is 0.218. The number of benzene rings is 2. The molecule has 0 saturated heterocycles. The maximum Gasteiger partial charge on any atom is 0.307 e. The molecule has 0 bridgehead atoms. The summed E-state index contributed by atoms with van der Waals surface area (Å²) < 4.78 is 7.49. The molecule has 0 aliphatic carbocycles. The molecule has 27 heavy (non-hydrogen) atoms. The Morgan fingerprint density at radius 2 is 1.85 bits per heavy atom. The maximum absolute atomic E-state index is 13.2. The van der Waals surface area contributed by atoms with Gasteiger partial charge in [-0.15, -0.1) is 0 Å². The third kappa shape index (κ3) is 3.63. The van der Waals surface area contributed by atoms with E-state index in [2.05, 4.69) is 31.9 Å². The molecule has 0 unspecified atom stereocenters. The van der Waals surface area contributed by atoms with Gasteiger partial charge in [-0.3, -0.25) is 14.2 Å². The first kappa shape index (κ1) is 19.9. The second-order valence-electron chi connectivity index (χ2n) is 5.75. The van der Waals surface area contributed by atoms with E-state index in [9.17, 15) is 14.7 Å². The van der Waals surface area contributed by atoms with Gasteiger partial charge >= 0.3 is 5.97 Å². The number of methoxy groups -OCH3 is 1. The highest BCUT2D eigenvalue weighted by Crippen LogP contribution is 2.39. The van der Waals surface area contributed by atoms with Crippen molar-refractivity contribution in [2.45, 2.75) is 11.8 Å². The molecule has 0 aliphatic heterocycles. The molecule has 1 heterocycles. The molecule has 0 radical (unpaired) electrons. The van der Waals surface area contributed by atoms with Gasteiger partial charge in [0.25, 0.3) is 5.91 Å². The SMILES string of the molecule is COc1ccc2c(c1Br)c(CC(=O)O)c(CBr)n2C(=O)c1ccc(Cl)cc1. The Hall–Kier alpha value is -1.83. The second kappa shape index (κ2) is 8.04. The summed E-state index contributed by atoms with van der Waals surface area (Å²) in [7, 11) is 1.53. The minimum atomic E-state index is -0.982. The fourth-order valence-corrected chi connectivity index (χ4v) is 4.49. The molecule has 1 aromatic heterocycles. The molecular formula is C19H14Br2ClNO4. The lowest BCUT2D eigenvalue weighted by atomic mass is 10.1. The van der Waals surface area contributed by atoms with Crippen molar-refractivity contribution in [3.8, 4) is 5.75 Å². The van der Waals surface area contributed by atoms with Crippen LogP contribution in [0.25, 0.3) is 10.9 Å². The zero-order chi connectivity index (χ0) is 19.7. The molecule has 3 aromatic rings. The van der Waals surface area contributed by atoms with E-state index in [-0.39, 0.29) is 12.3 Å². The van der Waals surface area contributed by atoms with Crippen LogP contribution >= 0.6 is 43.5 Å². The minimum Gasteiger partial charge on any atom is -0.496 e. The molecule has 3 rings (SSSR count). The van der Waals surface area contributed by atoms with E-state index >= 15 is 0 Å². The van der Waals surface area contributed by atoms with Crippen LogP contribution in [0.2, 0.25) is 5.02 Å². The van der Waals surface area contributed by atoms with Crippen LogP contribution in [-0.4, -0.2) is 28.7 Å². The number of alkyl halides is 1. The van der Waals surface area contributed by atoms with Crippen molar-refractivity contribution < 1.29 is 19.4 Å². The Kier molecular flexibility index (Phi) is 5.93. The monoisotopic (exact) mass is 513 g/mol. The van der Waals surface area contributed by atoms with Crippen molar-refractivity contribution >= 4 is 66.2 Å². The summed E-state index contributed by atoms with van der Waals surface area (Å²) in [6, 6.07) is 10.1. The Bertz CT molecular complexity index is 1040. The van der Waals surface area contributed by atoms with Crippen molar-refractivity contribution in [3.63, 3.8) is 0 Å². The van der Waals surface area contributed by atoms with E-state index < -0.39 is 5.97 Å². The highest BCUT2D eigenvalue weighted by atomic mass is 79.9. The van der Waals surface area contributed by atoms with Gasteiger partial charge in [0.1, 0.15) is 5.75 Å². The van der Waals surface area contributed by atoms with Crippen LogP contribution in [0, 0.1) is 0 Å².